The molecule has 0 spiro atoms. The molecule has 0 saturated carbocycles. The highest BCUT2D eigenvalue weighted by Crippen LogP contribution is 2.38. The molecule has 2 aromatic rings. The van der Waals surface area contributed by atoms with Crippen LogP contribution in [-0.2, 0) is 10.2 Å². The second-order valence-electron chi connectivity index (χ2n) is 3.21. The van der Waals surface area contributed by atoms with Gasteiger partial charge in [-0.3, -0.25) is 0 Å². The fourth-order valence-corrected chi connectivity index (χ4v) is 1.66. The van der Waals surface area contributed by atoms with Crippen molar-refractivity contribution >= 4 is 34.8 Å². The number of rotatable bonds is 2. The molecule has 3 nitrogen and oxygen atoms in total. The molecule has 1 aromatic heterocycles. The van der Waals surface area contributed by atoms with Gasteiger partial charge < -0.3 is 4.52 Å². The maximum Gasteiger partial charge on any atom is 0.230 e. The van der Waals surface area contributed by atoms with E-state index in [2.05, 4.69) is 10.1 Å². The van der Waals surface area contributed by atoms with E-state index in [-0.39, 0.29) is 0 Å². The smallest absolute Gasteiger partial charge is 0.230 e. The largest absolute Gasteiger partial charge is 0.339 e. The average Bonchev–Trinajstić information content (AvgIpc) is 2.70. The van der Waals surface area contributed by atoms with E-state index < -0.39 is 3.79 Å². The molecular weight excluding hydrogens is 270 g/mol. The van der Waals surface area contributed by atoms with Crippen LogP contribution in [0.15, 0.2) is 35.1 Å². The number of benzene rings is 1. The lowest BCUT2D eigenvalue weighted by Gasteiger charge is -2.11. The molecule has 1 aromatic carbocycles. The van der Waals surface area contributed by atoms with Crippen molar-refractivity contribution in [2.45, 2.75) is 10.2 Å². The third-order valence-corrected chi connectivity index (χ3v) is 2.67. The molecule has 0 unspecified atom stereocenters. The Kier molecular flexibility index (Phi) is 3.38. The highest BCUT2D eigenvalue weighted by molar-refractivity contribution is 6.66. The lowest BCUT2D eigenvalue weighted by molar-refractivity contribution is 0.384. The fourth-order valence-electron chi connectivity index (χ4n) is 1.31. The Morgan fingerprint density at radius 1 is 1.25 bits per heavy atom. The Morgan fingerprint density at radius 3 is 2.69 bits per heavy atom. The Hall–Kier alpha value is -0.770. The average molecular weight is 278 g/mol. The SMILES string of the molecule is ClC(Cl)(Cl)c1cccc(Cc2ncno2)c1. The first-order valence-corrected chi connectivity index (χ1v) is 5.61. The van der Waals surface area contributed by atoms with E-state index >= 15 is 0 Å². The van der Waals surface area contributed by atoms with E-state index in [1.165, 1.54) is 6.33 Å². The van der Waals surface area contributed by atoms with Crippen molar-refractivity contribution in [3.63, 3.8) is 0 Å². The molecule has 1 heterocycles. The molecule has 0 radical (unpaired) electrons. The molecule has 0 N–H and O–H groups in total. The summed E-state index contributed by atoms with van der Waals surface area (Å²) in [6.45, 7) is 0. The summed E-state index contributed by atoms with van der Waals surface area (Å²) in [5.74, 6) is 0.529. The monoisotopic (exact) mass is 276 g/mol. The minimum atomic E-state index is -1.41. The van der Waals surface area contributed by atoms with E-state index in [9.17, 15) is 0 Å². The molecule has 16 heavy (non-hydrogen) atoms. The number of hydrogen-bond acceptors (Lipinski definition) is 3. The number of aromatic nitrogens is 2. The van der Waals surface area contributed by atoms with Gasteiger partial charge in [-0.25, -0.2) is 0 Å². The summed E-state index contributed by atoms with van der Waals surface area (Å²) in [6, 6.07) is 7.29. The minimum absolute atomic E-state index is 0.522. The van der Waals surface area contributed by atoms with Gasteiger partial charge in [-0.1, -0.05) is 64.2 Å². The molecule has 0 aliphatic rings. The molecule has 0 bridgehead atoms. The van der Waals surface area contributed by atoms with Crippen LogP contribution in [0.3, 0.4) is 0 Å². The van der Waals surface area contributed by atoms with Crippen molar-refractivity contribution in [3.8, 4) is 0 Å². The summed E-state index contributed by atoms with van der Waals surface area (Å²) in [5, 5.41) is 3.53. The normalized spacial score (nSPS) is 11.7. The zero-order chi connectivity index (χ0) is 11.6. The highest BCUT2D eigenvalue weighted by Gasteiger charge is 2.22. The summed E-state index contributed by atoms with van der Waals surface area (Å²) < 4.78 is 3.49. The molecule has 2 rings (SSSR count). The van der Waals surface area contributed by atoms with Crippen LogP contribution >= 0.6 is 34.8 Å². The molecule has 84 valence electrons. The first kappa shape index (κ1) is 11.7. The molecule has 0 aliphatic carbocycles. The van der Waals surface area contributed by atoms with Gasteiger partial charge in [-0.05, 0) is 5.56 Å². The zero-order valence-corrected chi connectivity index (χ0v) is 10.3. The van der Waals surface area contributed by atoms with Crippen molar-refractivity contribution in [3.05, 3.63) is 47.6 Å². The summed E-state index contributed by atoms with van der Waals surface area (Å²) in [4.78, 5) is 3.93. The van der Waals surface area contributed by atoms with Crippen molar-refractivity contribution < 1.29 is 4.52 Å². The minimum Gasteiger partial charge on any atom is -0.339 e. The van der Waals surface area contributed by atoms with E-state index in [0.717, 1.165) is 5.56 Å². The Bertz CT molecular complexity index is 465. The van der Waals surface area contributed by atoms with E-state index in [1.807, 2.05) is 12.1 Å². The molecule has 0 fully saturated rings. The van der Waals surface area contributed by atoms with Gasteiger partial charge in [0.1, 0.15) is 0 Å². The van der Waals surface area contributed by atoms with Gasteiger partial charge in [0, 0.05) is 5.56 Å². The lowest BCUT2D eigenvalue weighted by Crippen LogP contribution is -2.01. The maximum absolute atomic E-state index is 5.79. The van der Waals surface area contributed by atoms with Crippen LogP contribution in [0.4, 0.5) is 0 Å². The van der Waals surface area contributed by atoms with Gasteiger partial charge in [0.15, 0.2) is 6.33 Å². The van der Waals surface area contributed by atoms with E-state index in [1.54, 1.807) is 12.1 Å². The van der Waals surface area contributed by atoms with Crippen LogP contribution in [0, 0.1) is 0 Å². The van der Waals surface area contributed by atoms with Crippen molar-refractivity contribution in [1.29, 1.82) is 0 Å². The molecule has 0 saturated heterocycles. The topological polar surface area (TPSA) is 38.9 Å². The van der Waals surface area contributed by atoms with Crippen LogP contribution in [0.5, 0.6) is 0 Å². The highest BCUT2D eigenvalue weighted by atomic mass is 35.6. The van der Waals surface area contributed by atoms with E-state index in [0.29, 0.717) is 17.9 Å². The van der Waals surface area contributed by atoms with Crippen molar-refractivity contribution in [1.82, 2.24) is 10.1 Å². The second-order valence-corrected chi connectivity index (χ2v) is 5.49. The second kappa shape index (κ2) is 4.62. The Labute approximate surface area is 107 Å². The summed E-state index contributed by atoms with van der Waals surface area (Å²) in [7, 11) is 0. The number of hydrogen-bond donors (Lipinski definition) is 0. The summed E-state index contributed by atoms with van der Waals surface area (Å²) >= 11 is 17.4. The van der Waals surface area contributed by atoms with Crippen LogP contribution in [0.1, 0.15) is 17.0 Å². The van der Waals surface area contributed by atoms with E-state index in [4.69, 9.17) is 39.3 Å². The van der Waals surface area contributed by atoms with Gasteiger partial charge in [-0.15, -0.1) is 0 Å². The Balaban J connectivity index is 2.23. The van der Waals surface area contributed by atoms with Crippen LogP contribution in [0.2, 0.25) is 0 Å². The number of nitrogens with zero attached hydrogens (tertiary/aromatic N) is 2. The molecule has 0 aliphatic heterocycles. The van der Waals surface area contributed by atoms with Crippen molar-refractivity contribution in [2.75, 3.05) is 0 Å². The van der Waals surface area contributed by atoms with Gasteiger partial charge >= 0.3 is 0 Å². The molecule has 0 atom stereocenters. The molecule has 0 amide bonds. The van der Waals surface area contributed by atoms with Gasteiger partial charge in [0.05, 0.1) is 6.42 Å². The first-order valence-electron chi connectivity index (χ1n) is 4.47. The zero-order valence-electron chi connectivity index (χ0n) is 8.03. The van der Waals surface area contributed by atoms with Crippen LogP contribution < -0.4 is 0 Å². The standard InChI is InChI=1S/C10H7Cl3N2O/c11-10(12,13)8-3-1-2-7(4-8)5-9-14-6-15-16-9/h1-4,6H,5H2. The molecule has 6 heteroatoms. The number of alkyl halides is 3. The van der Waals surface area contributed by atoms with Gasteiger partial charge in [0.2, 0.25) is 9.68 Å². The number of halogens is 3. The predicted molar refractivity (Wildman–Crippen MR) is 62.8 cm³/mol. The predicted octanol–water partition coefficient (Wildman–Crippen LogP) is 3.49. The van der Waals surface area contributed by atoms with Crippen LogP contribution in [-0.4, -0.2) is 10.1 Å². The summed E-state index contributed by atoms with van der Waals surface area (Å²) in [6.07, 6.45) is 1.88. The van der Waals surface area contributed by atoms with Gasteiger partial charge in [0.25, 0.3) is 0 Å². The first-order chi connectivity index (χ1) is 7.55. The van der Waals surface area contributed by atoms with Crippen molar-refractivity contribution in [2.24, 2.45) is 0 Å². The van der Waals surface area contributed by atoms with Gasteiger partial charge in [-0.2, -0.15) is 4.98 Å². The fraction of sp³-hybridized carbons (Fsp3) is 0.200. The summed E-state index contributed by atoms with van der Waals surface area (Å²) in [5.41, 5.74) is 1.57. The Morgan fingerprint density at radius 2 is 2.06 bits per heavy atom. The lowest BCUT2D eigenvalue weighted by atomic mass is 10.1. The third kappa shape index (κ3) is 2.88. The quantitative estimate of drug-likeness (QED) is 0.789. The third-order valence-electron chi connectivity index (χ3n) is 2.02. The van der Waals surface area contributed by atoms with Crippen LogP contribution in [0.25, 0.3) is 0 Å². The molecular formula is C10H7Cl3N2O. The maximum atomic E-state index is 5.79.